The minimum Gasteiger partial charge on any atom is -0.444 e. The molecule has 0 radical (unpaired) electrons. The average molecular weight is 265 g/mol. The maximum atomic E-state index is 5.64. The Balaban J connectivity index is 1.78. The van der Waals surface area contributed by atoms with Crippen LogP contribution in [0.4, 0.5) is 0 Å². The highest BCUT2D eigenvalue weighted by atomic mass is 16.4. The highest BCUT2D eigenvalue weighted by Crippen LogP contribution is 2.26. The first-order valence-electron chi connectivity index (χ1n) is 7.43. The minimum absolute atomic E-state index is 0.295. The summed E-state index contributed by atoms with van der Waals surface area (Å²) in [5.41, 5.74) is 0. The van der Waals surface area contributed by atoms with Crippen LogP contribution in [0.2, 0.25) is 0 Å². The molecule has 108 valence electrons. The molecule has 0 aliphatic carbocycles. The van der Waals surface area contributed by atoms with Crippen molar-refractivity contribution in [2.45, 2.75) is 40.2 Å². The van der Waals surface area contributed by atoms with E-state index in [1.165, 1.54) is 6.42 Å². The fourth-order valence-electron chi connectivity index (χ4n) is 2.68. The van der Waals surface area contributed by atoms with E-state index >= 15 is 0 Å². The normalized spacial score (nSPS) is 22.3. The molecule has 1 aromatic heterocycles. The van der Waals surface area contributed by atoms with Crippen LogP contribution in [0.25, 0.3) is 0 Å². The van der Waals surface area contributed by atoms with Crippen LogP contribution in [0.15, 0.2) is 10.6 Å². The van der Waals surface area contributed by atoms with Gasteiger partial charge in [-0.05, 0) is 51.7 Å². The van der Waals surface area contributed by atoms with Crippen LogP contribution in [0, 0.1) is 18.8 Å². The van der Waals surface area contributed by atoms with Gasteiger partial charge in [0.25, 0.3) is 0 Å². The third-order valence-electron chi connectivity index (χ3n) is 3.85. The third kappa shape index (κ3) is 4.05. The van der Waals surface area contributed by atoms with E-state index in [9.17, 15) is 0 Å². The fourth-order valence-corrected chi connectivity index (χ4v) is 2.68. The average Bonchev–Trinajstić information content (AvgIpc) is 2.97. The summed E-state index contributed by atoms with van der Waals surface area (Å²) in [6, 6.07) is 0.295. The summed E-state index contributed by atoms with van der Waals surface area (Å²) >= 11 is 0. The molecule has 1 aromatic rings. The van der Waals surface area contributed by atoms with Gasteiger partial charge in [-0.3, -0.25) is 4.90 Å². The van der Waals surface area contributed by atoms with Crippen LogP contribution in [-0.2, 0) is 0 Å². The van der Waals surface area contributed by atoms with Crippen molar-refractivity contribution in [3.05, 3.63) is 17.8 Å². The van der Waals surface area contributed by atoms with E-state index < -0.39 is 0 Å². The van der Waals surface area contributed by atoms with E-state index in [0.29, 0.717) is 6.04 Å². The Morgan fingerprint density at radius 3 is 2.89 bits per heavy atom. The molecule has 0 saturated carbocycles. The molecule has 19 heavy (non-hydrogen) atoms. The van der Waals surface area contributed by atoms with Crippen molar-refractivity contribution in [3.8, 4) is 0 Å². The Hall–Kier alpha value is -0.870. The zero-order chi connectivity index (χ0) is 13.8. The summed E-state index contributed by atoms with van der Waals surface area (Å²) in [5, 5.41) is 3.56. The molecule has 1 aliphatic rings. The van der Waals surface area contributed by atoms with E-state index in [0.717, 1.165) is 49.7 Å². The molecule has 4 heteroatoms. The Labute approximate surface area is 116 Å². The van der Waals surface area contributed by atoms with Crippen molar-refractivity contribution < 1.29 is 4.42 Å². The van der Waals surface area contributed by atoms with Gasteiger partial charge in [0, 0.05) is 6.54 Å². The molecule has 0 aromatic carbocycles. The lowest BCUT2D eigenvalue weighted by Crippen LogP contribution is -2.30. The number of nitrogens with zero attached hydrogens (tertiary/aromatic N) is 2. The van der Waals surface area contributed by atoms with Crippen molar-refractivity contribution >= 4 is 0 Å². The number of aryl methyl sites for hydroxylation is 1. The first-order valence-corrected chi connectivity index (χ1v) is 7.43. The van der Waals surface area contributed by atoms with Crippen LogP contribution in [0.5, 0.6) is 0 Å². The van der Waals surface area contributed by atoms with Crippen molar-refractivity contribution in [3.63, 3.8) is 0 Å². The molecule has 0 amide bonds. The Morgan fingerprint density at radius 2 is 2.26 bits per heavy atom. The number of likely N-dealkylation sites (tertiary alicyclic amines) is 1. The Morgan fingerprint density at radius 1 is 1.47 bits per heavy atom. The van der Waals surface area contributed by atoms with Crippen LogP contribution in [0.1, 0.15) is 44.9 Å². The van der Waals surface area contributed by atoms with Gasteiger partial charge in [-0.25, -0.2) is 4.98 Å². The summed E-state index contributed by atoms with van der Waals surface area (Å²) < 4.78 is 5.64. The van der Waals surface area contributed by atoms with Gasteiger partial charge in [0.2, 0.25) is 5.89 Å². The van der Waals surface area contributed by atoms with E-state index in [2.05, 4.69) is 36.0 Å². The first-order chi connectivity index (χ1) is 9.06. The summed E-state index contributed by atoms with van der Waals surface area (Å²) in [6.45, 7) is 13.2. The minimum atomic E-state index is 0.295. The molecule has 0 spiro atoms. The van der Waals surface area contributed by atoms with Crippen LogP contribution in [0.3, 0.4) is 0 Å². The van der Waals surface area contributed by atoms with Gasteiger partial charge in [0.05, 0.1) is 12.2 Å². The fraction of sp³-hybridized carbons (Fsp3) is 0.800. The maximum absolute atomic E-state index is 5.64. The van der Waals surface area contributed by atoms with Gasteiger partial charge in [-0.2, -0.15) is 0 Å². The summed E-state index contributed by atoms with van der Waals surface area (Å²) in [7, 11) is 0. The number of oxazole rings is 1. The number of rotatable bonds is 6. The molecule has 1 N–H and O–H groups in total. The van der Waals surface area contributed by atoms with Crippen molar-refractivity contribution in [1.82, 2.24) is 15.2 Å². The molecule has 2 rings (SSSR count). The predicted octanol–water partition coefficient (Wildman–Crippen LogP) is 2.61. The van der Waals surface area contributed by atoms with Crippen LogP contribution in [-0.4, -0.2) is 36.1 Å². The van der Waals surface area contributed by atoms with Crippen LogP contribution < -0.4 is 5.32 Å². The SMILES string of the molecule is Cc1cnc(C(C)N2CCC(CNCC(C)C)C2)o1. The first kappa shape index (κ1) is 14.5. The molecule has 2 atom stereocenters. The van der Waals surface area contributed by atoms with Crippen molar-refractivity contribution in [2.24, 2.45) is 11.8 Å². The quantitative estimate of drug-likeness (QED) is 0.858. The largest absolute Gasteiger partial charge is 0.444 e. The zero-order valence-electron chi connectivity index (χ0n) is 12.6. The predicted molar refractivity (Wildman–Crippen MR) is 77.0 cm³/mol. The maximum Gasteiger partial charge on any atom is 0.211 e. The van der Waals surface area contributed by atoms with Gasteiger partial charge in [0.1, 0.15) is 5.76 Å². The molecule has 1 saturated heterocycles. The highest BCUT2D eigenvalue weighted by Gasteiger charge is 2.28. The second kappa shape index (κ2) is 6.53. The smallest absolute Gasteiger partial charge is 0.211 e. The summed E-state index contributed by atoms with van der Waals surface area (Å²) in [4.78, 5) is 6.83. The molecule has 1 fully saturated rings. The molecule has 0 bridgehead atoms. The Kier molecular flexibility index (Phi) is 4.99. The number of aromatic nitrogens is 1. The summed E-state index contributed by atoms with van der Waals surface area (Å²) in [5.74, 6) is 3.24. The molecule has 1 aliphatic heterocycles. The highest BCUT2D eigenvalue weighted by molar-refractivity contribution is 4.97. The lowest BCUT2D eigenvalue weighted by Gasteiger charge is -2.21. The molecule has 4 nitrogen and oxygen atoms in total. The van der Waals surface area contributed by atoms with Gasteiger partial charge >= 0.3 is 0 Å². The third-order valence-corrected chi connectivity index (χ3v) is 3.85. The molecule has 2 heterocycles. The van der Waals surface area contributed by atoms with Gasteiger partial charge in [0.15, 0.2) is 0 Å². The van der Waals surface area contributed by atoms with E-state index in [1.807, 2.05) is 13.1 Å². The lowest BCUT2D eigenvalue weighted by atomic mass is 10.1. The van der Waals surface area contributed by atoms with Crippen LogP contribution >= 0.6 is 0 Å². The molecule has 2 unspecified atom stereocenters. The summed E-state index contributed by atoms with van der Waals surface area (Å²) in [6.07, 6.45) is 3.08. The second-order valence-corrected chi connectivity index (χ2v) is 6.19. The molecular formula is C15H27N3O. The topological polar surface area (TPSA) is 41.3 Å². The van der Waals surface area contributed by atoms with E-state index in [-0.39, 0.29) is 0 Å². The van der Waals surface area contributed by atoms with Crippen molar-refractivity contribution in [2.75, 3.05) is 26.2 Å². The zero-order valence-corrected chi connectivity index (χ0v) is 12.6. The van der Waals surface area contributed by atoms with Gasteiger partial charge < -0.3 is 9.73 Å². The van der Waals surface area contributed by atoms with E-state index in [1.54, 1.807) is 0 Å². The Bertz CT molecular complexity index is 388. The number of hydrogen-bond acceptors (Lipinski definition) is 4. The monoisotopic (exact) mass is 265 g/mol. The van der Waals surface area contributed by atoms with Gasteiger partial charge in [-0.15, -0.1) is 0 Å². The lowest BCUT2D eigenvalue weighted by molar-refractivity contribution is 0.214. The number of nitrogens with one attached hydrogen (secondary N) is 1. The molecular weight excluding hydrogens is 238 g/mol. The number of hydrogen-bond donors (Lipinski definition) is 1. The van der Waals surface area contributed by atoms with E-state index in [4.69, 9.17) is 4.42 Å². The standard InChI is InChI=1S/C15H27N3O/c1-11(2)7-16-9-14-5-6-18(10-14)13(4)15-17-8-12(3)19-15/h8,11,13-14,16H,5-7,9-10H2,1-4H3. The second-order valence-electron chi connectivity index (χ2n) is 6.19. The van der Waals surface area contributed by atoms with Crippen molar-refractivity contribution in [1.29, 1.82) is 0 Å². The van der Waals surface area contributed by atoms with Gasteiger partial charge in [-0.1, -0.05) is 13.8 Å².